The number of hydrogen-bond donors (Lipinski definition) is 1. The quantitative estimate of drug-likeness (QED) is 0.871. The van der Waals surface area contributed by atoms with Crippen LogP contribution in [0.5, 0.6) is 0 Å². The lowest BCUT2D eigenvalue weighted by Crippen LogP contribution is -2.37. The Morgan fingerprint density at radius 2 is 2.04 bits per heavy atom. The maximum atomic E-state index is 12.7. The molecule has 0 aromatic carbocycles. The standard InChI is InChI=1S/C18H24N2O5/c1-11(21)13-8-12(18(23)19(2)3)9-14-15(22)10-16(25-17(13)14)20-4-6-24-7-5-20/h9-11,13,21H,4-8H2,1-3H3. The Bertz CT molecular complexity index is 744. The summed E-state index contributed by atoms with van der Waals surface area (Å²) in [6.45, 7) is 4.13. The molecule has 2 heterocycles. The normalized spacial score (nSPS) is 21.4. The average Bonchev–Trinajstić information content (AvgIpc) is 2.60. The fraction of sp³-hybridized carbons (Fsp3) is 0.556. The number of carbonyl (C=O) groups excluding carboxylic acids is 1. The molecule has 1 aromatic rings. The number of ether oxygens (including phenoxy) is 1. The lowest BCUT2D eigenvalue weighted by molar-refractivity contribution is -0.124. The number of nitrogens with zero attached hydrogens (tertiary/aromatic N) is 2. The molecule has 1 fully saturated rings. The van der Waals surface area contributed by atoms with Crippen molar-refractivity contribution in [3.05, 3.63) is 33.2 Å². The highest BCUT2D eigenvalue weighted by Gasteiger charge is 2.33. The van der Waals surface area contributed by atoms with Crippen LogP contribution >= 0.6 is 0 Å². The summed E-state index contributed by atoms with van der Waals surface area (Å²) < 4.78 is 11.4. The molecule has 2 aliphatic rings. The van der Waals surface area contributed by atoms with E-state index < -0.39 is 12.0 Å². The molecule has 136 valence electrons. The van der Waals surface area contributed by atoms with Gasteiger partial charge in [0.15, 0.2) is 11.3 Å². The van der Waals surface area contributed by atoms with Gasteiger partial charge in [-0.15, -0.1) is 0 Å². The van der Waals surface area contributed by atoms with Crippen molar-refractivity contribution in [1.82, 2.24) is 4.90 Å². The van der Waals surface area contributed by atoms with E-state index in [9.17, 15) is 14.7 Å². The number of anilines is 1. The molecule has 1 N–H and O–H groups in total. The maximum Gasteiger partial charge on any atom is 0.249 e. The van der Waals surface area contributed by atoms with Crippen LogP contribution in [0.3, 0.4) is 0 Å². The lowest BCUT2D eigenvalue weighted by atomic mass is 9.84. The topological polar surface area (TPSA) is 83.2 Å². The highest BCUT2D eigenvalue weighted by atomic mass is 16.5. The van der Waals surface area contributed by atoms with Gasteiger partial charge >= 0.3 is 0 Å². The summed E-state index contributed by atoms with van der Waals surface area (Å²) in [5.74, 6) is 0.369. The van der Waals surface area contributed by atoms with Crippen LogP contribution < -0.4 is 10.3 Å². The second kappa shape index (κ2) is 7.01. The van der Waals surface area contributed by atoms with E-state index in [1.165, 1.54) is 11.0 Å². The Hall–Kier alpha value is -2.12. The first-order chi connectivity index (χ1) is 11.9. The predicted molar refractivity (Wildman–Crippen MR) is 93.7 cm³/mol. The van der Waals surface area contributed by atoms with Crippen molar-refractivity contribution in [2.24, 2.45) is 0 Å². The molecule has 7 heteroatoms. The third-order valence-corrected chi connectivity index (χ3v) is 4.68. The number of likely N-dealkylation sites (N-methyl/N-ethyl adjacent to an activating group) is 1. The minimum Gasteiger partial charge on any atom is -0.444 e. The maximum absolute atomic E-state index is 12.7. The summed E-state index contributed by atoms with van der Waals surface area (Å²) in [4.78, 5) is 28.4. The first-order valence-electron chi connectivity index (χ1n) is 8.49. The van der Waals surface area contributed by atoms with Crippen LogP contribution in [-0.4, -0.2) is 62.4 Å². The van der Waals surface area contributed by atoms with E-state index in [0.29, 0.717) is 55.5 Å². The Balaban J connectivity index is 2.06. The Labute approximate surface area is 146 Å². The van der Waals surface area contributed by atoms with Crippen molar-refractivity contribution in [1.29, 1.82) is 0 Å². The summed E-state index contributed by atoms with van der Waals surface area (Å²) in [6, 6.07) is 1.46. The number of hydrogen-bond acceptors (Lipinski definition) is 6. The van der Waals surface area contributed by atoms with E-state index >= 15 is 0 Å². The molecule has 1 saturated heterocycles. The largest absolute Gasteiger partial charge is 0.444 e. The molecular weight excluding hydrogens is 324 g/mol. The highest BCUT2D eigenvalue weighted by molar-refractivity contribution is 5.98. The fourth-order valence-corrected chi connectivity index (χ4v) is 3.25. The summed E-state index contributed by atoms with van der Waals surface area (Å²) in [5.41, 5.74) is 0.673. The van der Waals surface area contributed by atoms with Gasteiger partial charge in [0.2, 0.25) is 5.91 Å². The number of aliphatic hydroxyl groups is 1. The molecule has 1 amide bonds. The molecule has 0 radical (unpaired) electrons. The van der Waals surface area contributed by atoms with Gasteiger partial charge in [-0.25, -0.2) is 0 Å². The average molecular weight is 348 g/mol. The molecule has 2 atom stereocenters. The number of fused-ring (bicyclic) bond motifs is 1. The van der Waals surface area contributed by atoms with Crippen molar-refractivity contribution < 1.29 is 19.1 Å². The molecule has 1 aliphatic heterocycles. The molecule has 2 unspecified atom stereocenters. The molecular formula is C18H24N2O5. The number of rotatable bonds is 3. The van der Waals surface area contributed by atoms with Crippen LogP contribution in [0.25, 0.3) is 6.08 Å². The van der Waals surface area contributed by atoms with Crippen LogP contribution in [-0.2, 0) is 9.53 Å². The van der Waals surface area contributed by atoms with Gasteiger partial charge in [0.1, 0.15) is 5.76 Å². The van der Waals surface area contributed by atoms with Crippen molar-refractivity contribution >= 4 is 17.9 Å². The van der Waals surface area contributed by atoms with E-state index in [4.69, 9.17) is 9.15 Å². The molecule has 7 nitrogen and oxygen atoms in total. The summed E-state index contributed by atoms with van der Waals surface area (Å²) >= 11 is 0. The van der Waals surface area contributed by atoms with E-state index in [-0.39, 0.29) is 11.3 Å². The predicted octanol–water partition coefficient (Wildman–Crippen LogP) is 0.816. The monoisotopic (exact) mass is 348 g/mol. The number of aliphatic hydroxyl groups excluding tert-OH is 1. The zero-order valence-electron chi connectivity index (χ0n) is 14.8. The summed E-state index contributed by atoms with van der Waals surface area (Å²) in [7, 11) is 3.33. The van der Waals surface area contributed by atoms with Gasteiger partial charge in [-0.1, -0.05) is 0 Å². The molecule has 25 heavy (non-hydrogen) atoms. The van der Waals surface area contributed by atoms with Crippen LogP contribution in [0.1, 0.15) is 30.6 Å². The Morgan fingerprint density at radius 3 is 2.64 bits per heavy atom. The molecule has 0 spiro atoms. The lowest BCUT2D eigenvalue weighted by Gasteiger charge is -2.30. The van der Waals surface area contributed by atoms with Gasteiger partial charge in [-0.2, -0.15) is 0 Å². The molecule has 1 aliphatic carbocycles. The van der Waals surface area contributed by atoms with E-state index in [1.807, 2.05) is 4.90 Å². The van der Waals surface area contributed by atoms with Crippen molar-refractivity contribution in [2.45, 2.75) is 25.4 Å². The fourth-order valence-electron chi connectivity index (χ4n) is 3.25. The number of morpholine rings is 1. The second-order valence-electron chi connectivity index (χ2n) is 6.75. The van der Waals surface area contributed by atoms with Gasteiger partial charge in [0.05, 0.1) is 24.9 Å². The zero-order chi connectivity index (χ0) is 18.1. The SMILES string of the molecule is CC(O)C1CC(C(=O)N(C)C)=Cc2c1oc(N1CCOCC1)cc2=O. The first kappa shape index (κ1) is 17.7. The van der Waals surface area contributed by atoms with E-state index in [1.54, 1.807) is 27.1 Å². The number of carbonyl (C=O) groups is 1. The third kappa shape index (κ3) is 3.48. The Morgan fingerprint density at radius 1 is 1.36 bits per heavy atom. The van der Waals surface area contributed by atoms with Gasteiger partial charge in [0, 0.05) is 44.7 Å². The third-order valence-electron chi connectivity index (χ3n) is 4.68. The molecule has 0 bridgehead atoms. The van der Waals surface area contributed by atoms with Gasteiger partial charge in [0.25, 0.3) is 0 Å². The summed E-state index contributed by atoms with van der Waals surface area (Å²) in [6.07, 6.45) is 1.21. The van der Waals surface area contributed by atoms with Gasteiger partial charge in [-0.05, 0) is 19.4 Å². The van der Waals surface area contributed by atoms with Gasteiger partial charge in [-0.3, -0.25) is 9.59 Å². The van der Waals surface area contributed by atoms with Crippen molar-refractivity contribution in [3.8, 4) is 0 Å². The Kier molecular flexibility index (Phi) is 4.96. The van der Waals surface area contributed by atoms with Gasteiger partial charge < -0.3 is 24.1 Å². The minimum absolute atomic E-state index is 0.159. The minimum atomic E-state index is -0.736. The number of amides is 1. The highest BCUT2D eigenvalue weighted by Crippen LogP contribution is 2.37. The van der Waals surface area contributed by atoms with Crippen LogP contribution in [0.2, 0.25) is 0 Å². The summed E-state index contributed by atoms with van der Waals surface area (Å²) in [5, 5.41) is 10.2. The second-order valence-corrected chi connectivity index (χ2v) is 6.75. The van der Waals surface area contributed by atoms with Crippen molar-refractivity contribution in [3.63, 3.8) is 0 Å². The van der Waals surface area contributed by atoms with Crippen LogP contribution in [0, 0.1) is 0 Å². The van der Waals surface area contributed by atoms with Crippen LogP contribution in [0.4, 0.5) is 5.88 Å². The molecule has 0 saturated carbocycles. The van der Waals surface area contributed by atoms with E-state index in [0.717, 1.165) is 0 Å². The van der Waals surface area contributed by atoms with E-state index in [2.05, 4.69) is 0 Å². The zero-order valence-corrected chi connectivity index (χ0v) is 14.8. The molecule has 3 rings (SSSR count). The smallest absolute Gasteiger partial charge is 0.249 e. The molecule has 1 aromatic heterocycles. The van der Waals surface area contributed by atoms with Crippen LogP contribution in [0.15, 0.2) is 20.9 Å². The first-order valence-corrected chi connectivity index (χ1v) is 8.49. The van der Waals surface area contributed by atoms with Crippen molar-refractivity contribution in [2.75, 3.05) is 45.3 Å².